The van der Waals surface area contributed by atoms with Crippen LogP contribution in [-0.2, 0) is 16.1 Å². The van der Waals surface area contributed by atoms with Crippen LogP contribution in [0.3, 0.4) is 0 Å². The quantitative estimate of drug-likeness (QED) is 0.566. The van der Waals surface area contributed by atoms with E-state index in [1.165, 1.54) is 24.8 Å². The van der Waals surface area contributed by atoms with Crippen LogP contribution in [-0.4, -0.2) is 11.0 Å². The van der Waals surface area contributed by atoms with Crippen molar-refractivity contribution in [1.82, 2.24) is 4.98 Å². The highest BCUT2D eigenvalue weighted by Crippen LogP contribution is 2.60. The van der Waals surface area contributed by atoms with Crippen LogP contribution in [0, 0.1) is 23.2 Å². The highest BCUT2D eigenvalue weighted by Gasteiger charge is 2.55. The van der Waals surface area contributed by atoms with E-state index in [1.807, 2.05) is 5.38 Å². The van der Waals surface area contributed by atoms with Crippen LogP contribution >= 0.6 is 11.3 Å². The second-order valence-electron chi connectivity index (χ2n) is 9.69. The van der Waals surface area contributed by atoms with Gasteiger partial charge in [-0.2, -0.15) is 0 Å². The van der Waals surface area contributed by atoms with Crippen molar-refractivity contribution in [2.75, 3.05) is 0 Å². The summed E-state index contributed by atoms with van der Waals surface area (Å²) < 4.78 is 5.82. The van der Waals surface area contributed by atoms with E-state index in [9.17, 15) is 4.79 Å². The molecule has 148 valence electrons. The minimum Gasteiger partial charge on any atom is -0.459 e. The molecular formula is C24H29NO2S. The van der Waals surface area contributed by atoms with Crippen LogP contribution in [0.2, 0.25) is 0 Å². The van der Waals surface area contributed by atoms with Gasteiger partial charge >= 0.3 is 5.97 Å². The zero-order valence-corrected chi connectivity index (χ0v) is 17.6. The highest BCUT2D eigenvalue weighted by atomic mass is 32.1. The summed E-state index contributed by atoms with van der Waals surface area (Å²) in [5, 5.41) is 3.02. The van der Waals surface area contributed by atoms with Gasteiger partial charge in [0.25, 0.3) is 0 Å². The molecule has 0 amide bonds. The first-order valence-electron chi connectivity index (χ1n) is 10.7. The van der Waals surface area contributed by atoms with E-state index in [2.05, 4.69) is 38.1 Å². The maximum atomic E-state index is 13.0. The number of rotatable bonds is 5. The molecule has 1 aromatic heterocycles. The molecule has 4 bridgehead atoms. The highest BCUT2D eigenvalue weighted by molar-refractivity contribution is 7.13. The van der Waals surface area contributed by atoms with E-state index in [0.717, 1.165) is 53.3 Å². The minimum absolute atomic E-state index is 0.0439. The third kappa shape index (κ3) is 3.30. The number of esters is 1. The molecule has 4 aliphatic carbocycles. The fourth-order valence-electron chi connectivity index (χ4n) is 6.17. The summed E-state index contributed by atoms with van der Waals surface area (Å²) in [7, 11) is 0. The number of hydrogen-bond donors (Lipinski definition) is 0. The first-order valence-corrected chi connectivity index (χ1v) is 11.6. The van der Waals surface area contributed by atoms with Crippen LogP contribution in [0.1, 0.15) is 69.5 Å². The Hall–Kier alpha value is -1.68. The summed E-state index contributed by atoms with van der Waals surface area (Å²) >= 11 is 1.63. The van der Waals surface area contributed by atoms with Gasteiger partial charge in [0.1, 0.15) is 11.6 Å². The fraction of sp³-hybridized carbons (Fsp3) is 0.583. The Morgan fingerprint density at radius 1 is 1.11 bits per heavy atom. The number of hydrogen-bond acceptors (Lipinski definition) is 4. The van der Waals surface area contributed by atoms with Crippen molar-refractivity contribution in [3.63, 3.8) is 0 Å². The van der Waals surface area contributed by atoms with Gasteiger partial charge in [0, 0.05) is 10.9 Å². The van der Waals surface area contributed by atoms with Crippen molar-refractivity contribution in [3.8, 4) is 10.6 Å². The van der Waals surface area contributed by atoms with Crippen LogP contribution in [0.25, 0.3) is 10.6 Å². The lowest BCUT2D eigenvalue weighted by Gasteiger charge is -2.55. The normalized spacial score (nSPS) is 30.8. The molecule has 28 heavy (non-hydrogen) atoms. The summed E-state index contributed by atoms with van der Waals surface area (Å²) in [6.07, 6.45) is 7.21. The van der Waals surface area contributed by atoms with Gasteiger partial charge in [-0.05, 0) is 67.8 Å². The maximum absolute atomic E-state index is 13.0. The predicted molar refractivity (Wildman–Crippen MR) is 112 cm³/mol. The number of carbonyl (C=O) groups excluding carboxylic acids is 1. The topological polar surface area (TPSA) is 39.2 Å². The van der Waals surface area contributed by atoms with Crippen LogP contribution in [0.5, 0.6) is 0 Å². The minimum atomic E-state index is -0.180. The monoisotopic (exact) mass is 395 g/mol. The van der Waals surface area contributed by atoms with Gasteiger partial charge in [-0.25, -0.2) is 4.98 Å². The largest absolute Gasteiger partial charge is 0.459 e. The molecular weight excluding hydrogens is 366 g/mol. The van der Waals surface area contributed by atoms with Gasteiger partial charge in [-0.15, -0.1) is 11.3 Å². The van der Waals surface area contributed by atoms with Crippen molar-refractivity contribution >= 4 is 17.3 Å². The summed E-state index contributed by atoms with van der Waals surface area (Å²) in [5.74, 6) is 2.86. The van der Waals surface area contributed by atoms with E-state index in [-0.39, 0.29) is 11.4 Å². The molecule has 0 atom stereocenters. The lowest BCUT2D eigenvalue weighted by atomic mass is 9.49. The second-order valence-corrected chi connectivity index (χ2v) is 10.6. The molecule has 0 aliphatic heterocycles. The first kappa shape index (κ1) is 18.4. The molecule has 1 aromatic carbocycles. The Labute approximate surface area is 171 Å². The number of aromatic nitrogens is 1. The van der Waals surface area contributed by atoms with Gasteiger partial charge in [-0.3, -0.25) is 4.79 Å². The van der Waals surface area contributed by atoms with E-state index >= 15 is 0 Å². The molecule has 0 unspecified atom stereocenters. The lowest BCUT2D eigenvalue weighted by molar-refractivity contribution is -0.173. The van der Waals surface area contributed by atoms with Gasteiger partial charge in [0.05, 0.1) is 11.1 Å². The van der Waals surface area contributed by atoms with Crippen LogP contribution in [0.4, 0.5) is 0 Å². The smallest absolute Gasteiger partial charge is 0.312 e. The molecule has 4 aliphatic rings. The zero-order valence-electron chi connectivity index (χ0n) is 16.8. The number of ether oxygens (including phenoxy) is 1. The van der Waals surface area contributed by atoms with Gasteiger partial charge < -0.3 is 4.74 Å². The summed E-state index contributed by atoms with van der Waals surface area (Å²) in [5.41, 5.74) is 3.16. The molecule has 0 spiro atoms. The fourth-order valence-corrected chi connectivity index (χ4v) is 6.98. The predicted octanol–water partition coefficient (Wildman–Crippen LogP) is 6.19. The van der Waals surface area contributed by atoms with E-state index in [1.54, 1.807) is 11.3 Å². The Morgan fingerprint density at radius 2 is 1.71 bits per heavy atom. The Morgan fingerprint density at radius 3 is 2.29 bits per heavy atom. The lowest BCUT2D eigenvalue weighted by Crippen LogP contribution is -2.50. The number of benzene rings is 1. The Kier molecular flexibility index (Phi) is 4.58. The molecule has 4 saturated carbocycles. The van der Waals surface area contributed by atoms with Crippen molar-refractivity contribution in [3.05, 3.63) is 40.9 Å². The molecule has 0 saturated heterocycles. The standard InChI is InChI=1S/C24H29NO2S/c1-15(2)19-3-5-20(6-4-19)22-25-21(14-28-22)13-27-23(26)24-10-16-7-17(11-24)9-18(8-16)12-24/h3-6,14-18H,7-13H2,1-2H3. The van der Waals surface area contributed by atoms with Crippen LogP contribution < -0.4 is 0 Å². The Bertz CT molecular complexity index is 832. The van der Waals surface area contributed by atoms with E-state index in [4.69, 9.17) is 9.72 Å². The van der Waals surface area contributed by atoms with E-state index in [0.29, 0.717) is 12.5 Å². The SMILES string of the molecule is CC(C)c1ccc(-c2nc(COC(=O)C34CC5CC(CC(C5)C3)C4)cs2)cc1. The average Bonchev–Trinajstić information content (AvgIpc) is 3.14. The van der Waals surface area contributed by atoms with Gasteiger partial charge in [-0.1, -0.05) is 38.1 Å². The Balaban J connectivity index is 1.23. The van der Waals surface area contributed by atoms with Crippen molar-refractivity contribution in [1.29, 1.82) is 0 Å². The summed E-state index contributed by atoms with van der Waals surface area (Å²) in [4.78, 5) is 17.7. The average molecular weight is 396 g/mol. The molecule has 1 heterocycles. The molecule has 4 fully saturated rings. The molecule has 0 radical (unpaired) electrons. The number of thiazole rings is 1. The van der Waals surface area contributed by atoms with Gasteiger partial charge in [0.15, 0.2) is 0 Å². The molecule has 4 heteroatoms. The summed E-state index contributed by atoms with van der Waals surface area (Å²) in [6.45, 7) is 4.71. The number of nitrogens with zero attached hydrogens (tertiary/aromatic N) is 1. The maximum Gasteiger partial charge on any atom is 0.312 e. The van der Waals surface area contributed by atoms with Crippen LogP contribution in [0.15, 0.2) is 29.6 Å². The molecule has 2 aromatic rings. The van der Waals surface area contributed by atoms with Crippen molar-refractivity contribution in [2.24, 2.45) is 23.2 Å². The molecule has 6 rings (SSSR count). The van der Waals surface area contributed by atoms with Gasteiger partial charge in [0.2, 0.25) is 0 Å². The molecule has 3 nitrogen and oxygen atoms in total. The zero-order chi connectivity index (χ0) is 19.3. The van der Waals surface area contributed by atoms with E-state index < -0.39 is 0 Å². The molecule has 0 N–H and O–H groups in total. The summed E-state index contributed by atoms with van der Waals surface area (Å²) in [6, 6.07) is 8.63. The van der Waals surface area contributed by atoms with Crippen molar-refractivity contribution < 1.29 is 9.53 Å². The number of carbonyl (C=O) groups is 1. The second kappa shape index (κ2) is 6.98. The third-order valence-electron chi connectivity index (χ3n) is 7.20. The van der Waals surface area contributed by atoms with Crippen molar-refractivity contribution in [2.45, 2.75) is 64.9 Å². The first-order chi connectivity index (χ1) is 13.5. The third-order valence-corrected chi connectivity index (χ3v) is 8.14.